The Bertz CT molecular complexity index is 708. The van der Waals surface area contributed by atoms with Crippen molar-refractivity contribution in [2.24, 2.45) is 0 Å². The average molecular weight is 309 g/mol. The lowest BCUT2D eigenvalue weighted by Gasteiger charge is -2.15. The topological polar surface area (TPSA) is 55.4 Å². The van der Waals surface area contributed by atoms with Crippen LogP contribution in [0.1, 0.15) is 13.8 Å². The quantitative estimate of drug-likeness (QED) is 0.675. The molecule has 0 saturated carbocycles. The van der Waals surface area contributed by atoms with Crippen molar-refractivity contribution in [2.75, 3.05) is 5.32 Å². The summed E-state index contributed by atoms with van der Waals surface area (Å²) < 4.78 is 5.03. The summed E-state index contributed by atoms with van der Waals surface area (Å²) in [5.41, 5.74) is 2.59. The van der Waals surface area contributed by atoms with E-state index in [-0.39, 0.29) is 5.91 Å². The normalized spacial score (nSPS) is 11.9. The van der Waals surface area contributed by atoms with E-state index in [9.17, 15) is 9.59 Å². The van der Waals surface area contributed by atoms with Gasteiger partial charge >= 0.3 is 5.97 Å². The summed E-state index contributed by atoms with van der Waals surface area (Å²) in [7, 11) is 0. The molecule has 4 heteroatoms. The molecule has 0 bridgehead atoms. The minimum absolute atomic E-state index is 0.369. The highest BCUT2D eigenvalue weighted by atomic mass is 16.5. The molecule has 0 heterocycles. The second kappa shape index (κ2) is 7.94. The zero-order valence-corrected chi connectivity index (χ0v) is 13.2. The third kappa shape index (κ3) is 4.54. The van der Waals surface area contributed by atoms with Gasteiger partial charge < -0.3 is 10.1 Å². The number of hydrogen-bond donors (Lipinski definition) is 1. The molecule has 23 heavy (non-hydrogen) atoms. The standard InChI is InChI=1S/C19H19NO3/c1-3-9-18(21)23-14(2)19(22)20-17-13-8-7-12-16(17)15-10-5-4-6-11-15/h3-14H,1-2H3,(H,20,22)/b9-3+/t14-/m1/s1. The number of ether oxygens (including phenoxy) is 1. The van der Waals surface area contributed by atoms with Crippen LogP contribution in [0.25, 0.3) is 11.1 Å². The molecule has 0 aliphatic heterocycles. The number of anilines is 1. The van der Waals surface area contributed by atoms with Gasteiger partial charge in [-0.2, -0.15) is 0 Å². The van der Waals surface area contributed by atoms with Gasteiger partial charge in [-0.05, 0) is 25.5 Å². The molecule has 0 aliphatic rings. The van der Waals surface area contributed by atoms with Crippen LogP contribution in [0.15, 0.2) is 66.7 Å². The first kappa shape index (κ1) is 16.5. The molecule has 4 nitrogen and oxygen atoms in total. The Kier molecular flexibility index (Phi) is 5.69. The van der Waals surface area contributed by atoms with Crippen LogP contribution in [-0.4, -0.2) is 18.0 Å². The number of benzene rings is 2. The van der Waals surface area contributed by atoms with Gasteiger partial charge in [0.2, 0.25) is 0 Å². The van der Waals surface area contributed by atoms with E-state index in [4.69, 9.17) is 4.74 Å². The van der Waals surface area contributed by atoms with Gasteiger partial charge in [0.05, 0.1) is 0 Å². The van der Waals surface area contributed by atoms with E-state index in [1.165, 1.54) is 6.08 Å². The van der Waals surface area contributed by atoms with Crippen LogP contribution in [0.5, 0.6) is 0 Å². The summed E-state index contributed by atoms with van der Waals surface area (Å²) in [6.07, 6.45) is 1.97. The predicted molar refractivity (Wildman–Crippen MR) is 90.9 cm³/mol. The Morgan fingerprint density at radius 3 is 2.39 bits per heavy atom. The van der Waals surface area contributed by atoms with Gasteiger partial charge in [-0.3, -0.25) is 4.79 Å². The first-order valence-corrected chi connectivity index (χ1v) is 7.40. The number of amides is 1. The van der Waals surface area contributed by atoms with Crippen molar-refractivity contribution >= 4 is 17.6 Å². The molecule has 1 atom stereocenters. The van der Waals surface area contributed by atoms with Crippen molar-refractivity contribution in [1.82, 2.24) is 0 Å². The van der Waals surface area contributed by atoms with Crippen LogP contribution in [-0.2, 0) is 14.3 Å². The van der Waals surface area contributed by atoms with Crippen molar-refractivity contribution in [3.8, 4) is 11.1 Å². The number of esters is 1. The molecular formula is C19H19NO3. The molecule has 0 saturated heterocycles. The molecule has 0 aliphatic carbocycles. The van der Waals surface area contributed by atoms with Crippen molar-refractivity contribution in [3.63, 3.8) is 0 Å². The minimum Gasteiger partial charge on any atom is -0.449 e. The number of hydrogen-bond acceptors (Lipinski definition) is 3. The number of carbonyl (C=O) groups excluding carboxylic acids is 2. The molecule has 1 N–H and O–H groups in total. The van der Waals surface area contributed by atoms with Crippen LogP contribution in [0.2, 0.25) is 0 Å². The van der Waals surface area contributed by atoms with Gasteiger partial charge in [-0.25, -0.2) is 4.79 Å². The second-order valence-corrected chi connectivity index (χ2v) is 4.98. The fourth-order valence-electron chi connectivity index (χ4n) is 2.10. The molecule has 0 unspecified atom stereocenters. The molecule has 0 spiro atoms. The number of allylic oxidation sites excluding steroid dienone is 1. The predicted octanol–water partition coefficient (Wildman–Crippen LogP) is 3.80. The van der Waals surface area contributed by atoms with Gasteiger partial charge in [0, 0.05) is 17.3 Å². The Balaban J connectivity index is 2.14. The average Bonchev–Trinajstić information content (AvgIpc) is 2.56. The molecule has 0 aromatic heterocycles. The summed E-state index contributed by atoms with van der Waals surface area (Å²) in [6.45, 7) is 3.25. The summed E-state index contributed by atoms with van der Waals surface area (Å²) in [4.78, 5) is 23.6. The maximum atomic E-state index is 12.2. The lowest BCUT2D eigenvalue weighted by Crippen LogP contribution is -2.29. The molecule has 118 valence electrons. The van der Waals surface area contributed by atoms with Gasteiger partial charge in [0.25, 0.3) is 5.91 Å². The van der Waals surface area contributed by atoms with Crippen molar-refractivity contribution < 1.29 is 14.3 Å². The molecule has 2 aromatic carbocycles. The summed E-state index contributed by atoms with van der Waals surface area (Å²) >= 11 is 0. The highest BCUT2D eigenvalue weighted by molar-refractivity contribution is 5.99. The van der Waals surface area contributed by atoms with Crippen LogP contribution in [0, 0.1) is 0 Å². The molecular weight excluding hydrogens is 290 g/mol. The lowest BCUT2D eigenvalue weighted by molar-refractivity contribution is -0.148. The Morgan fingerprint density at radius 1 is 1.04 bits per heavy atom. The molecule has 0 fully saturated rings. The molecule has 0 radical (unpaired) electrons. The summed E-state index contributed by atoms with van der Waals surface area (Å²) in [5, 5.41) is 2.82. The fourth-order valence-corrected chi connectivity index (χ4v) is 2.10. The Morgan fingerprint density at radius 2 is 1.70 bits per heavy atom. The van der Waals surface area contributed by atoms with E-state index < -0.39 is 12.1 Å². The van der Waals surface area contributed by atoms with Crippen LogP contribution < -0.4 is 5.32 Å². The first-order valence-electron chi connectivity index (χ1n) is 7.40. The van der Waals surface area contributed by atoms with Gasteiger partial charge in [0.15, 0.2) is 6.10 Å². The summed E-state index contributed by atoms with van der Waals surface area (Å²) in [5.74, 6) is -0.905. The highest BCUT2D eigenvalue weighted by Gasteiger charge is 2.17. The summed E-state index contributed by atoms with van der Waals surface area (Å²) in [6, 6.07) is 17.3. The first-order chi connectivity index (χ1) is 11.1. The van der Waals surface area contributed by atoms with E-state index in [0.717, 1.165) is 11.1 Å². The number of carbonyl (C=O) groups is 2. The zero-order valence-electron chi connectivity index (χ0n) is 13.2. The minimum atomic E-state index is -0.873. The van der Waals surface area contributed by atoms with Crippen molar-refractivity contribution in [3.05, 3.63) is 66.7 Å². The van der Waals surface area contributed by atoms with E-state index in [1.807, 2.05) is 54.6 Å². The van der Waals surface area contributed by atoms with E-state index in [0.29, 0.717) is 5.69 Å². The molecule has 2 aromatic rings. The van der Waals surface area contributed by atoms with E-state index >= 15 is 0 Å². The third-order valence-corrected chi connectivity index (χ3v) is 3.23. The van der Waals surface area contributed by atoms with E-state index in [2.05, 4.69) is 5.32 Å². The maximum Gasteiger partial charge on any atom is 0.331 e. The zero-order chi connectivity index (χ0) is 16.7. The maximum absolute atomic E-state index is 12.2. The number of rotatable bonds is 5. The largest absolute Gasteiger partial charge is 0.449 e. The number of para-hydroxylation sites is 1. The fraction of sp³-hybridized carbons (Fsp3) is 0.158. The highest BCUT2D eigenvalue weighted by Crippen LogP contribution is 2.27. The second-order valence-electron chi connectivity index (χ2n) is 4.98. The van der Waals surface area contributed by atoms with Crippen LogP contribution in [0.3, 0.4) is 0 Å². The van der Waals surface area contributed by atoms with Crippen molar-refractivity contribution in [1.29, 1.82) is 0 Å². The SMILES string of the molecule is C/C=C/C(=O)O[C@H](C)C(=O)Nc1ccccc1-c1ccccc1. The van der Waals surface area contributed by atoms with Crippen LogP contribution >= 0.6 is 0 Å². The molecule has 2 rings (SSSR count). The van der Waals surface area contributed by atoms with Gasteiger partial charge in [-0.1, -0.05) is 54.6 Å². The smallest absolute Gasteiger partial charge is 0.331 e. The van der Waals surface area contributed by atoms with Crippen LogP contribution in [0.4, 0.5) is 5.69 Å². The van der Waals surface area contributed by atoms with Crippen molar-refractivity contribution in [2.45, 2.75) is 20.0 Å². The lowest BCUT2D eigenvalue weighted by atomic mass is 10.0. The Hall–Kier alpha value is -2.88. The number of nitrogens with one attached hydrogen (secondary N) is 1. The van der Waals surface area contributed by atoms with Gasteiger partial charge in [-0.15, -0.1) is 0 Å². The van der Waals surface area contributed by atoms with Gasteiger partial charge in [0.1, 0.15) is 0 Å². The van der Waals surface area contributed by atoms with E-state index in [1.54, 1.807) is 19.9 Å². The Labute approximate surface area is 135 Å². The monoisotopic (exact) mass is 309 g/mol. The molecule has 1 amide bonds. The third-order valence-electron chi connectivity index (χ3n) is 3.23.